The van der Waals surface area contributed by atoms with E-state index in [1.165, 1.54) is 0 Å². The second-order valence-electron chi connectivity index (χ2n) is 5.60. The van der Waals surface area contributed by atoms with Crippen LogP contribution >= 0.6 is 0 Å². The fourth-order valence-corrected chi connectivity index (χ4v) is 1.99. The molecule has 1 rings (SSSR count). The monoisotopic (exact) mass is 230 g/mol. The van der Waals surface area contributed by atoms with Gasteiger partial charge in [0.2, 0.25) is 0 Å². The number of ether oxygens (including phenoxy) is 1. The van der Waals surface area contributed by atoms with E-state index in [-0.39, 0.29) is 17.7 Å². The lowest BCUT2D eigenvalue weighted by Gasteiger charge is -2.39. The number of morpholine rings is 1. The Morgan fingerprint density at radius 3 is 2.69 bits per heavy atom. The quantitative estimate of drug-likeness (QED) is 0.720. The number of likely N-dealkylation sites (N-methyl/N-ethyl adjacent to an activating group) is 1. The minimum Gasteiger partial charge on any atom is -0.394 e. The van der Waals surface area contributed by atoms with Crippen LogP contribution in [-0.2, 0) is 4.74 Å². The summed E-state index contributed by atoms with van der Waals surface area (Å²) in [7, 11) is 1.90. The topological polar surface area (TPSA) is 44.7 Å². The third kappa shape index (κ3) is 4.01. The van der Waals surface area contributed by atoms with Crippen LogP contribution in [0.25, 0.3) is 0 Å². The molecule has 16 heavy (non-hydrogen) atoms. The molecule has 1 unspecified atom stereocenters. The highest BCUT2D eigenvalue weighted by molar-refractivity contribution is 4.84. The molecule has 2 N–H and O–H groups in total. The summed E-state index contributed by atoms with van der Waals surface area (Å²) in [5.41, 5.74) is -0.198. The minimum atomic E-state index is -0.164. The molecule has 0 saturated carbocycles. The summed E-state index contributed by atoms with van der Waals surface area (Å²) in [5, 5.41) is 12.5. The lowest BCUT2D eigenvalue weighted by atomic mass is 9.98. The largest absolute Gasteiger partial charge is 0.394 e. The fraction of sp³-hybridized carbons (Fsp3) is 1.00. The van der Waals surface area contributed by atoms with E-state index in [9.17, 15) is 5.11 Å². The van der Waals surface area contributed by atoms with Crippen molar-refractivity contribution in [2.75, 3.05) is 39.9 Å². The van der Waals surface area contributed by atoms with E-state index in [1.807, 2.05) is 7.05 Å². The van der Waals surface area contributed by atoms with Crippen molar-refractivity contribution in [3.8, 4) is 0 Å². The zero-order chi connectivity index (χ0) is 12.2. The predicted molar refractivity (Wildman–Crippen MR) is 65.6 cm³/mol. The van der Waals surface area contributed by atoms with E-state index in [1.54, 1.807) is 0 Å². The molecule has 1 aliphatic rings. The number of aliphatic hydroxyl groups excluding tert-OH is 1. The number of aliphatic hydroxyl groups is 1. The zero-order valence-corrected chi connectivity index (χ0v) is 11.0. The lowest BCUT2D eigenvalue weighted by Crippen LogP contribution is -2.51. The van der Waals surface area contributed by atoms with E-state index < -0.39 is 0 Å². The highest BCUT2D eigenvalue weighted by atomic mass is 16.5. The van der Waals surface area contributed by atoms with E-state index in [4.69, 9.17) is 4.74 Å². The Morgan fingerprint density at radius 1 is 1.50 bits per heavy atom. The van der Waals surface area contributed by atoms with Crippen LogP contribution in [0.5, 0.6) is 0 Å². The summed E-state index contributed by atoms with van der Waals surface area (Å²) in [6, 6.07) is 0. The van der Waals surface area contributed by atoms with Crippen molar-refractivity contribution >= 4 is 0 Å². The van der Waals surface area contributed by atoms with Gasteiger partial charge in [-0.25, -0.2) is 0 Å². The summed E-state index contributed by atoms with van der Waals surface area (Å²) in [4.78, 5) is 2.41. The van der Waals surface area contributed by atoms with Crippen LogP contribution in [0.2, 0.25) is 0 Å². The molecule has 0 aromatic heterocycles. The summed E-state index contributed by atoms with van der Waals surface area (Å²) < 4.78 is 5.67. The summed E-state index contributed by atoms with van der Waals surface area (Å²) in [6.45, 7) is 10.3. The zero-order valence-electron chi connectivity index (χ0n) is 11.0. The second kappa shape index (κ2) is 5.45. The van der Waals surface area contributed by atoms with Crippen molar-refractivity contribution in [3.63, 3.8) is 0 Å². The maximum absolute atomic E-state index is 9.31. The van der Waals surface area contributed by atoms with E-state index in [2.05, 4.69) is 31.0 Å². The van der Waals surface area contributed by atoms with Crippen LogP contribution in [0.3, 0.4) is 0 Å². The number of nitrogens with zero attached hydrogens (tertiary/aromatic N) is 1. The van der Waals surface area contributed by atoms with E-state index >= 15 is 0 Å². The Labute approximate surface area is 99.0 Å². The Balaban J connectivity index is 2.37. The van der Waals surface area contributed by atoms with Gasteiger partial charge in [0.15, 0.2) is 0 Å². The predicted octanol–water partition coefficient (Wildman–Crippen LogP) is 0.458. The van der Waals surface area contributed by atoms with Crippen LogP contribution in [0.15, 0.2) is 0 Å². The van der Waals surface area contributed by atoms with Crippen molar-refractivity contribution < 1.29 is 9.84 Å². The van der Waals surface area contributed by atoms with Gasteiger partial charge < -0.3 is 15.2 Å². The Hall–Kier alpha value is -0.160. The van der Waals surface area contributed by atoms with Gasteiger partial charge in [-0.2, -0.15) is 0 Å². The van der Waals surface area contributed by atoms with Crippen LogP contribution < -0.4 is 5.32 Å². The smallest absolute Gasteiger partial charge is 0.0753 e. The molecular formula is C12H26N2O2. The van der Waals surface area contributed by atoms with Gasteiger partial charge in [0.05, 0.1) is 18.8 Å². The summed E-state index contributed by atoms with van der Waals surface area (Å²) in [5.74, 6) is 0. The van der Waals surface area contributed by atoms with Crippen molar-refractivity contribution in [2.45, 2.75) is 38.3 Å². The molecular weight excluding hydrogens is 204 g/mol. The number of nitrogens with one attached hydrogen (secondary N) is 1. The standard InChI is InChI=1S/C12H26N2O2/c1-11(2)9-14(7-8-16-11)6-5-12(3,10-15)13-4/h13,15H,5-10H2,1-4H3. The van der Waals surface area contributed by atoms with Crippen molar-refractivity contribution in [1.82, 2.24) is 10.2 Å². The Bertz CT molecular complexity index is 215. The molecule has 0 radical (unpaired) electrons. The molecule has 96 valence electrons. The van der Waals surface area contributed by atoms with Gasteiger partial charge in [-0.1, -0.05) is 0 Å². The molecule has 0 aromatic carbocycles. The minimum absolute atomic E-state index is 0.0342. The molecule has 4 heteroatoms. The van der Waals surface area contributed by atoms with Crippen molar-refractivity contribution in [2.24, 2.45) is 0 Å². The summed E-state index contributed by atoms with van der Waals surface area (Å²) >= 11 is 0. The first-order chi connectivity index (χ1) is 7.41. The van der Waals surface area contributed by atoms with Gasteiger partial charge in [0.25, 0.3) is 0 Å². The number of rotatable bonds is 5. The van der Waals surface area contributed by atoms with Gasteiger partial charge in [0, 0.05) is 25.2 Å². The maximum atomic E-state index is 9.31. The first kappa shape index (κ1) is 13.9. The third-order valence-corrected chi connectivity index (χ3v) is 3.44. The molecule has 1 atom stereocenters. The highest BCUT2D eigenvalue weighted by Crippen LogP contribution is 2.18. The highest BCUT2D eigenvalue weighted by Gasteiger charge is 2.29. The second-order valence-corrected chi connectivity index (χ2v) is 5.60. The molecule has 4 nitrogen and oxygen atoms in total. The van der Waals surface area contributed by atoms with Gasteiger partial charge in [0.1, 0.15) is 0 Å². The van der Waals surface area contributed by atoms with Gasteiger partial charge in [-0.3, -0.25) is 4.90 Å². The average molecular weight is 230 g/mol. The van der Waals surface area contributed by atoms with Crippen LogP contribution in [0.4, 0.5) is 0 Å². The normalized spacial score (nSPS) is 25.3. The van der Waals surface area contributed by atoms with Crippen LogP contribution in [0.1, 0.15) is 27.2 Å². The van der Waals surface area contributed by atoms with E-state index in [0.717, 1.165) is 32.7 Å². The first-order valence-corrected chi connectivity index (χ1v) is 6.07. The number of hydrogen-bond acceptors (Lipinski definition) is 4. The molecule has 0 bridgehead atoms. The van der Waals surface area contributed by atoms with E-state index in [0.29, 0.717) is 0 Å². The molecule has 0 aromatic rings. The van der Waals surface area contributed by atoms with Crippen molar-refractivity contribution in [3.05, 3.63) is 0 Å². The molecule has 1 heterocycles. The molecule has 1 saturated heterocycles. The first-order valence-electron chi connectivity index (χ1n) is 6.07. The fourth-order valence-electron chi connectivity index (χ4n) is 1.99. The molecule has 0 spiro atoms. The maximum Gasteiger partial charge on any atom is 0.0753 e. The molecule has 0 amide bonds. The Kier molecular flexibility index (Phi) is 4.73. The Morgan fingerprint density at radius 2 is 2.19 bits per heavy atom. The van der Waals surface area contributed by atoms with Gasteiger partial charge in [-0.15, -0.1) is 0 Å². The van der Waals surface area contributed by atoms with Crippen LogP contribution in [0, 0.1) is 0 Å². The molecule has 1 aliphatic heterocycles. The molecule has 0 aliphatic carbocycles. The summed E-state index contributed by atoms with van der Waals surface area (Å²) in [6.07, 6.45) is 0.954. The SMILES string of the molecule is CNC(C)(CO)CCN1CCOC(C)(C)C1. The number of hydrogen-bond donors (Lipinski definition) is 2. The van der Waals surface area contributed by atoms with Crippen molar-refractivity contribution in [1.29, 1.82) is 0 Å². The van der Waals surface area contributed by atoms with Gasteiger partial charge >= 0.3 is 0 Å². The van der Waals surface area contributed by atoms with Gasteiger partial charge in [-0.05, 0) is 34.2 Å². The average Bonchev–Trinajstić information content (AvgIpc) is 2.25. The third-order valence-electron chi connectivity index (χ3n) is 3.44. The lowest BCUT2D eigenvalue weighted by molar-refractivity contribution is -0.0875. The van der Waals surface area contributed by atoms with Crippen LogP contribution in [-0.4, -0.2) is 61.0 Å². The molecule has 1 fully saturated rings.